The Bertz CT molecular complexity index is 216. The summed E-state index contributed by atoms with van der Waals surface area (Å²) >= 11 is 0. The van der Waals surface area contributed by atoms with E-state index in [2.05, 4.69) is 19.6 Å². The van der Waals surface area contributed by atoms with Crippen LogP contribution in [-0.2, 0) is 4.74 Å². The van der Waals surface area contributed by atoms with Gasteiger partial charge in [0.2, 0.25) is 0 Å². The molecule has 0 aliphatic carbocycles. The van der Waals surface area contributed by atoms with Crippen LogP contribution in [0.4, 0.5) is 0 Å². The molecule has 0 aromatic carbocycles. The van der Waals surface area contributed by atoms with Crippen molar-refractivity contribution < 1.29 is 4.74 Å². The standard InChI is InChI=1S/C12H21NO/c1-4-6-12(7-5-2)10-11(3)14-9-8-13/h4,6,10H,3,5,7-9,13H2,1-2H3/b6-4-,12-10+. The molecule has 2 nitrogen and oxygen atoms in total. The smallest absolute Gasteiger partial charge is 0.112 e. The van der Waals surface area contributed by atoms with E-state index < -0.39 is 0 Å². The fourth-order valence-electron chi connectivity index (χ4n) is 1.14. The third-order valence-electron chi connectivity index (χ3n) is 1.67. The molecule has 2 N–H and O–H groups in total. The van der Waals surface area contributed by atoms with Crippen LogP contribution in [0.15, 0.2) is 36.1 Å². The van der Waals surface area contributed by atoms with Gasteiger partial charge in [0.05, 0.1) is 0 Å². The molecule has 0 spiro atoms. The van der Waals surface area contributed by atoms with E-state index in [1.54, 1.807) is 0 Å². The van der Waals surface area contributed by atoms with Gasteiger partial charge >= 0.3 is 0 Å². The van der Waals surface area contributed by atoms with Crippen LogP contribution >= 0.6 is 0 Å². The van der Waals surface area contributed by atoms with Crippen LogP contribution in [0.1, 0.15) is 26.7 Å². The fraction of sp³-hybridized carbons (Fsp3) is 0.500. The fourth-order valence-corrected chi connectivity index (χ4v) is 1.14. The number of hydrogen-bond acceptors (Lipinski definition) is 2. The number of ether oxygens (including phenoxy) is 1. The molecule has 0 atom stereocenters. The van der Waals surface area contributed by atoms with Crippen LogP contribution in [0.25, 0.3) is 0 Å². The van der Waals surface area contributed by atoms with Crippen LogP contribution in [0.5, 0.6) is 0 Å². The van der Waals surface area contributed by atoms with Crippen molar-refractivity contribution >= 4 is 0 Å². The van der Waals surface area contributed by atoms with E-state index in [4.69, 9.17) is 10.5 Å². The third-order valence-corrected chi connectivity index (χ3v) is 1.67. The van der Waals surface area contributed by atoms with Crippen LogP contribution in [0.2, 0.25) is 0 Å². The molecule has 0 rings (SSSR count). The van der Waals surface area contributed by atoms with Gasteiger partial charge in [0.15, 0.2) is 0 Å². The van der Waals surface area contributed by atoms with E-state index in [0.717, 1.165) is 12.8 Å². The lowest BCUT2D eigenvalue weighted by Crippen LogP contribution is -2.07. The Morgan fingerprint density at radius 3 is 2.71 bits per heavy atom. The van der Waals surface area contributed by atoms with E-state index in [1.807, 2.05) is 19.1 Å². The summed E-state index contributed by atoms with van der Waals surface area (Å²) < 4.78 is 5.28. The summed E-state index contributed by atoms with van der Waals surface area (Å²) in [5.74, 6) is 0.692. The topological polar surface area (TPSA) is 35.2 Å². The quantitative estimate of drug-likeness (QED) is 0.501. The molecule has 0 aliphatic rings. The van der Waals surface area contributed by atoms with Gasteiger partial charge in [-0.25, -0.2) is 0 Å². The Morgan fingerprint density at radius 2 is 2.21 bits per heavy atom. The molecule has 0 bridgehead atoms. The highest BCUT2D eigenvalue weighted by molar-refractivity contribution is 5.25. The van der Waals surface area contributed by atoms with Crippen molar-refractivity contribution in [3.63, 3.8) is 0 Å². The molecule has 0 saturated carbocycles. The first-order valence-electron chi connectivity index (χ1n) is 5.09. The molecule has 14 heavy (non-hydrogen) atoms. The summed E-state index contributed by atoms with van der Waals surface area (Å²) in [7, 11) is 0. The molecule has 0 aromatic heterocycles. The molecular formula is C12H21NO. The Morgan fingerprint density at radius 1 is 1.50 bits per heavy atom. The minimum Gasteiger partial charge on any atom is -0.493 e. The van der Waals surface area contributed by atoms with Crippen molar-refractivity contribution in [2.75, 3.05) is 13.2 Å². The summed E-state index contributed by atoms with van der Waals surface area (Å²) in [5, 5.41) is 0. The molecule has 0 fully saturated rings. The maximum absolute atomic E-state index is 5.32. The highest BCUT2D eigenvalue weighted by atomic mass is 16.5. The van der Waals surface area contributed by atoms with E-state index in [9.17, 15) is 0 Å². The monoisotopic (exact) mass is 195 g/mol. The maximum Gasteiger partial charge on any atom is 0.112 e. The number of allylic oxidation sites excluding steroid dienone is 4. The van der Waals surface area contributed by atoms with Crippen LogP contribution in [0.3, 0.4) is 0 Å². The minimum atomic E-state index is 0.527. The van der Waals surface area contributed by atoms with E-state index in [-0.39, 0.29) is 0 Å². The lowest BCUT2D eigenvalue weighted by molar-refractivity contribution is 0.235. The second-order valence-electron chi connectivity index (χ2n) is 3.07. The van der Waals surface area contributed by atoms with Crippen molar-refractivity contribution in [3.8, 4) is 0 Å². The van der Waals surface area contributed by atoms with Crippen LogP contribution in [0, 0.1) is 0 Å². The molecule has 0 aromatic rings. The van der Waals surface area contributed by atoms with E-state index in [0.29, 0.717) is 18.9 Å². The largest absolute Gasteiger partial charge is 0.493 e. The summed E-state index contributed by atoms with van der Waals surface area (Å²) in [6.45, 7) is 9.03. The predicted molar refractivity (Wildman–Crippen MR) is 62.0 cm³/mol. The lowest BCUT2D eigenvalue weighted by Gasteiger charge is -2.05. The molecular weight excluding hydrogens is 174 g/mol. The second kappa shape index (κ2) is 8.57. The van der Waals surface area contributed by atoms with Gasteiger partial charge in [-0.2, -0.15) is 0 Å². The molecule has 0 amide bonds. The predicted octanol–water partition coefficient (Wildman–Crippen LogP) is 2.78. The van der Waals surface area contributed by atoms with Gasteiger partial charge in [0.1, 0.15) is 12.4 Å². The van der Waals surface area contributed by atoms with Crippen molar-refractivity contribution in [2.45, 2.75) is 26.7 Å². The Balaban J connectivity index is 4.17. The van der Waals surface area contributed by atoms with Gasteiger partial charge in [-0.05, 0) is 25.0 Å². The van der Waals surface area contributed by atoms with Gasteiger partial charge < -0.3 is 10.5 Å². The minimum absolute atomic E-state index is 0.527. The Hall–Kier alpha value is -1.02. The van der Waals surface area contributed by atoms with Crippen molar-refractivity contribution in [1.29, 1.82) is 0 Å². The molecule has 0 aliphatic heterocycles. The van der Waals surface area contributed by atoms with E-state index in [1.165, 1.54) is 5.57 Å². The Kier molecular flexibility index (Phi) is 7.95. The average Bonchev–Trinajstić information content (AvgIpc) is 2.15. The van der Waals surface area contributed by atoms with Gasteiger partial charge in [-0.1, -0.05) is 32.1 Å². The first-order valence-corrected chi connectivity index (χ1v) is 5.09. The third kappa shape index (κ3) is 6.49. The van der Waals surface area contributed by atoms with Gasteiger partial charge in [0, 0.05) is 6.54 Å². The highest BCUT2D eigenvalue weighted by Crippen LogP contribution is 2.10. The average molecular weight is 195 g/mol. The van der Waals surface area contributed by atoms with E-state index >= 15 is 0 Å². The normalized spacial score (nSPS) is 12.1. The molecule has 0 heterocycles. The van der Waals surface area contributed by atoms with Gasteiger partial charge in [0.25, 0.3) is 0 Å². The highest BCUT2D eigenvalue weighted by Gasteiger charge is 1.94. The number of hydrogen-bond donors (Lipinski definition) is 1. The van der Waals surface area contributed by atoms with Crippen molar-refractivity contribution in [1.82, 2.24) is 0 Å². The Labute approximate surface area is 87.1 Å². The van der Waals surface area contributed by atoms with Crippen LogP contribution < -0.4 is 5.73 Å². The molecule has 0 unspecified atom stereocenters. The zero-order chi connectivity index (χ0) is 10.8. The second-order valence-corrected chi connectivity index (χ2v) is 3.07. The SMILES string of the molecule is C=C(/C=C(\C=C/C)CCC)OCCN. The molecule has 2 heteroatoms. The summed E-state index contributed by atoms with van der Waals surface area (Å²) in [6.07, 6.45) is 8.26. The summed E-state index contributed by atoms with van der Waals surface area (Å²) in [6, 6.07) is 0. The zero-order valence-corrected chi connectivity index (χ0v) is 9.25. The molecule has 0 radical (unpaired) electrons. The summed E-state index contributed by atoms with van der Waals surface area (Å²) in [4.78, 5) is 0. The zero-order valence-electron chi connectivity index (χ0n) is 9.25. The van der Waals surface area contributed by atoms with Crippen molar-refractivity contribution in [2.24, 2.45) is 5.73 Å². The van der Waals surface area contributed by atoms with Gasteiger partial charge in [-0.3, -0.25) is 0 Å². The maximum atomic E-state index is 5.32. The molecule has 80 valence electrons. The number of nitrogens with two attached hydrogens (primary N) is 1. The summed E-state index contributed by atoms with van der Waals surface area (Å²) in [5.41, 5.74) is 6.57. The first kappa shape index (κ1) is 13.0. The van der Waals surface area contributed by atoms with Gasteiger partial charge in [-0.15, -0.1) is 0 Å². The van der Waals surface area contributed by atoms with Crippen molar-refractivity contribution in [3.05, 3.63) is 36.1 Å². The lowest BCUT2D eigenvalue weighted by atomic mass is 10.1. The molecule has 0 saturated heterocycles. The number of rotatable bonds is 7. The first-order chi connectivity index (χ1) is 6.74. The van der Waals surface area contributed by atoms with Crippen LogP contribution in [-0.4, -0.2) is 13.2 Å².